The van der Waals surface area contributed by atoms with E-state index in [2.05, 4.69) is 15.5 Å². The molecule has 3 rings (SSSR count). The molecular formula is C20H25N3O4. The number of carbonyl (C=O) groups is 2. The Hall–Kier alpha value is -2.80. The number of amides is 2. The summed E-state index contributed by atoms with van der Waals surface area (Å²) in [6.45, 7) is 3.23. The van der Waals surface area contributed by atoms with Crippen molar-refractivity contribution in [1.29, 1.82) is 0 Å². The Labute approximate surface area is 158 Å². The van der Waals surface area contributed by atoms with Crippen LogP contribution in [0.2, 0.25) is 0 Å². The van der Waals surface area contributed by atoms with E-state index in [1.165, 1.54) is 7.11 Å². The van der Waals surface area contributed by atoms with Crippen LogP contribution in [0.3, 0.4) is 0 Å². The fraction of sp³-hybridized carbons (Fsp3) is 0.400. The fourth-order valence-electron chi connectivity index (χ4n) is 3.22. The average molecular weight is 371 g/mol. The first-order valence-electron chi connectivity index (χ1n) is 9.12. The molecule has 1 aliphatic heterocycles. The summed E-state index contributed by atoms with van der Waals surface area (Å²) in [5, 5.41) is 5.33. The molecule has 0 spiro atoms. The van der Waals surface area contributed by atoms with Gasteiger partial charge in [-0.2, -0.15) is 0 Å². The van der Waals surface area contributed by atoms with Gasteiger partial charge in [0.25, 0.3) is 0 Å². The first-order valence-corrected chi connectivity index (χ1v) is 9.12. The monoisotopic (exact) mass is 371 g/mol. The van der Waals surface area contributed by atoms with Crippen LogP contribution in [-0.2, 0) is 16.1 Å². The third-order valence-electron chi connectivity index (χ3n) is 4.78. The third kappa shape index (κ3) is 5.34. The number of nitrogens with one attached hydrogen (secondary N) is 2. The predicted octanol–water partition coefficient (Wildman–Crippen LogP) is 2.26. The number of benzene rings is 1. The molecule has 1 aromatic carbocycles. The zero-order chi connectivity index (χ0) is 19.1. The molecule has 1 fully saturated rings. The highest BCUT2D eigenvalue weighted by Gasteiger charge is 2.22. The summed E-state index contributed by atoms with van der Waals surface area (Å²) in [6.07, 6.45) is 3.65. The highest BCUT2D eigenvalue weighted by atomic mass is 16.5. The number of methoxy groups -OCH3 is 1. The number of hydrogen-bond acceptors (Lipinski definition) is 5. The largest absolute Gasteiger partial charge is 0.495 e. The van der Waals surface area contributed by atoms with Crippen molar-refractivity contribution in [3.8, 4) is 5.75 Å². The van der Waals surface area contributed by atoms with Gasteiger partial charge in [0.1, 0.15) is 11.5 Å². The standard InChI is InChI=1S/C20H25N3O4/c1-26-18-7-3-2-6-17(18)22-20(25)19(24)21-13-15-8-10-23(11-9-15)14-16-5-4-12-27-16/h2-7,12,15H,8-11,13-14H2,1H3,(H,21,24)(H,22,25). The normalized spacial score (nSPS) is 15.3. The van der Waals surface area contributed by atoms with Gasteiger partial charge in [-0.05, 0) is 56.1 Å². The van der Waals surface area contributed by atoms with Gasteiger partial charge in [-0.3, -0.25) is 14.5 Å². The van der Waals surface area contributed by atoms with Gasteiger partial charge in [-0.15, -0.1) is 0 Å². The molecule has 144 valence electrons. The van der Waals surface area contributed by atoms with Gasteiger partial charge in [-0.25, -0.2) is 0 Å². The van der Waals surface area contributed by atoms with Crippen molar-refractivity contribution in [2.45, 2.75) is 19.4 Å². The summed E-state index contributed by atoms with van der Waals surface area (Å²) < 4.78 is 10.6. The minimum atomic E-state index is -0.685. The van der Waals surface area contributed by atoms with Gasteiger partial charge in [0.05, 0.1) is 25.6 Å². The maximum absolute atomic E-state index is 12.1. The number of hydrogen-bond donors (Lipinski definition) is 2. The Morgan fingerprint density at radius 1 is 1.15 bits per heavy atom. The second kappa shape index (κ2) is 9.23. The van der Waals surface area contributed by atoms with Crippen molar-refractivity contribution in [1.82, 2.24) is 10.2 Å². The van der Waals surface area contributed by atoms with Crippen molar-refractivity contribution in [2.24, 2.45) is 5.92 Å². The summed E-state index contributed by atoms with van der Waals surface area (Å²) in [7, 11) is 1.52. The van der Waals surface area contributed by atoms with E-state index >= 15 is 0 Å². The van der Waals surface area contributed by atoms with Gasteiger partial charge in [0, 0.05) is 6.54 Å². The number of likely N-dealkylation sites (tertiary alicyclic amines) is 1. The van der Waals surface area contributed by atoms with Crippen LogP contribution in [0.4, 0.5) is 5.69 Å². The Balaban J connectivity index is 1.39. The number of rotatable bonds is 6. The molecule has 7 heteroatoms. The fourth-order valence-corrected chi connectivity index (χ4v) is 3.22. The smallest absolute Gasteiger partial charge is 0.313 e. The molecule has 1 saturated heterocycles. The highest BCUT2D eigenvalue weighted by molar-refractivity contribution is 6.39. The van der Waals surface area contributed by atoms with Crippen LogP contribution in [-0.4, -0.2) is 43.5 Å². The van der Waals surface area contributed by atoms with E-state index in [4.69, 9.17) is 9.15 Å². The maximum Gasteiger partial charge on any atom is 0.313 e. The molecule has 0 unspecified atom stereocenters. The van der Waals surface area contributed by atoms with Crippen molar-refractivity contribution >= 4 is 17.5 Å². The Kier molecular flexibility index (Phi) is 6.49. The summed E-state index contributed by atoms with van der Waals surface area (Å²) >= 11 is 0. The van der Waals surface area contributed by atoms with Crippen LogP contribution in [0, 0.1) is 5.92 Å². The second-order valence-corrected chi connectivity index (χ2v) is 6.66. The Bertz CT molecular complexity index is 752. The summed E-state index contributed by atoms with van der Waals surface area (Å²) in [5.41, 5.74) is 0.478. The van der Waals surface area contributed by atoms with Gasteiger partial charge in [0.2, 0.25) is 0 Å². The lowest BCUT2D eigenvalue weighted by atomic mass is 9.96. The minimum absolute atomic E-state index is 0.376. The molecular weight excluding hydrogens is 346 g/mol. The van der Waals surface area contributed by atoms with E-state index in [0.717, 1.165) is 38.2 Å². The zero-order valence-electron chi connectivity index (χ0n) is 15.4. The maximum atomic E-state index is 12.1. The minimum Gasteiger partial charge on any atom is -0.495 e. The number of anilines is 1. The zero-order valence-corrected chi connectivity index (χ0v) is 15.4. The number of nitrogens with zero attached hydrogens (tertiary/aromatic N) is 1. The summed E-state index contributed by atoms with van der Waals surface area (Å²) in [5.74, 6) is 0.548. The molecule has 1 aromatic heterocycles. The molecule has 0 atom stereocenters. The molecule has 7 nitrogen and oxygen atoms in total. The summed E-state index contributed by atoms with van der Waals surface area (Å²) in [4.78, 5) is 26.5. The molecule has 2 heterocycles. The summed E-state index contributed by atoms with van der Waals surface area (Å²) in [6, 6.07) is 10.9. The van der Waals surface area contributed by atoms with Crippen LogP contribution >= 0.6 is 0 Å². The first-order chi connectivity index (χ1) is 13.2. The SMILES string of the molecule is COc1ccccc1NC(=O)C(=O)NCC1CCN(Cc2ccco2)CC1. The van der Waals surface area contributed by atoms with Crippen LogP contribution in [0.25, 0.3) is 0 Å². The lowest BCUT2D eigenvalue weighted by molar-refractivity contribution is -0.136. The van der Waals surface area contributed by atoms with Crippen molar-refractivity contribution in [3.63, 3.8) is 0 Å². The topological polar surface area (TPSA) is 83.8 Å². The van der Waals surface area contributed by atoms with E-state index in [1.54, 1.807) is 30.5 Å². The number of piperidine rings is 1. The van der Waals surface area contributed by atoms with E-state index in [0.29, 0.717) is 23.9 Å². The number of para-hydroxylation sites is 2. The first kappa shape index (κ1) is 19.0. The number of furan rings is 1. The van der Waals surface area contributed by atoms with Crippen molar-refractivity contribution < 1.29 is 18.7 Å². The van der Waals surface area contributed by atoms with Gasteiger partial charge in [-0.1, -0.05) is 12.1 Å². The average Bonchev–Trinajstić information content (AvgIpc) is 3.20. The molecule has 2 N–H and O–H groups in total. The van der Waals surface area contributed by atoms with E-state index in [1.807, 2.05) is 12.1 Å². The van der Waals surface area contributed by atoms with E-state index in [9.17, 15) is 9.59 Å². The van der Waals surface area contributed by atoms with Crippen molar-refractivity contribution in [2.75, 3.05) is 32.1 Å². The van der Waals surface area contributed by atoms with Crippen LogP contribution in [0.1, 0.15) is 18.6 Å². The molecule has 0 aliphatic carbocycles. The van der Waals surface area contributed by atoms with Crippen molar-refractivity contribution in [3.05, 3.63) is 48.4 Å². The second-order valence-electron chi connectivity index (χ2n) is 6.66. The quantitative estimate of drug-likeness (QED) is 0.761. The lowest BCUT2D eigenvalue weighted by Crippen LogP contribution is -2.41. The molecule has 2 amide bonds. The lowest BCUT2D eigenvalue weighted by Gasteiger charge is -2.31. The van der Waals surface area contributed by atoms with E-state index < -0.39 is 11.8 Å². The van der Waals surface area contributed by atoms with E-state index in [-0.39, 0.29) is 0 Å². The third-order valence-corrected chi connectivity index (χ3v) is 4.78. The molecule has 27 heavy (non-hydrogen) atoms. The molecule has 0 saturated carbocycles. The number of carbonyl (C=O) groups excluding carboxylic acids is 2. The highest BCUT2D eigenvalue weighted by Crippen LogP contribution is 2.23. The Morgan fingerprint density at radius 2 is 1.93 bits per heavy atom. The van der Waals surface area contributed by atoms with Crippen LogP contribution < -0.4 is 15.4 Å². The van der Waals surface area contributed by atoms with Gasteiger partial charge >= 0.3 is 11.8 Å². The molecule has 1 aliphatic rings. The van der Waals surface area contributed by atoms with Gasteiger partial charge in [0.15, 0.2) is 0 Å². The predicted molar refractivity (Wildman–Crippen MR) is 101 cm³/mol. The Morgan fingerprint density at radius 3 is 2.63 bits per heavy atom. The molecule has 0 radical (unpaired) electrons. The van der Waals surface area contributed by atoms with Crippen LogP contribution in [0.15, 0.2) is 47.1 Å². The number of ether oxygens (including phenoxy) is 1. The molecule has 2 aromatic rings. The molecule has 0 bridgehead atoms. The van der Waals surface area contributed by atoms with Gasteiger partial charge < -0.3 is 19.8 Å². The van der Waals surface area contributed by atoms with Crippen LogP contribution in [0.5, 0.6) is 5.75 Å².